The molecule has 218 valence electrons. The normalized spacial score (nSPS) is 28.0. The van der Waals surface area contributed by atoms with Crippen LogP contribution in [0.5, 0.6) is 0 Å². The van der Waals surface area contributed by atoms with Crippen molar-refractivity contribution in [2.45, 2.75) is 87.3 Å². The fourth-order valence-corrected chi connectivity index (χ4v) is 6.33. The molecule has 3 fully saturated rings. The third kappa shape index (κ3) is 5.69. The number of fused-ring (bicyclic) bond motifs is 2. The van der Waals surface area contributed by atoms with E-state index in [0.29, 0.717) is 28.6 Å². The van der Waals surface area contributed by atoms with E-state index in [-0.39, 0.29) is 49.5 Å². The third-order valence-electron chi connectivity index (χ3n) is 7.51. The standard InChI is InChI=1S/C26H31F2N9O3S/c1-4-9-41-25-32-23(31-17-11-14(17)13-5-6-15(27)16(28)10-13)20-24(33-25)37(36-34-20)18-12-19(38-8-7-30-35-29)22-21(18)39-26(2,3)40-22/h5-6,10,14,17-19,21-22H,4,7-9,11-12H2,1-3H3,(H,31,32,33)/t14-,17+,18-,19+,21+,22-/m1/s1. The molecule has 41 heavy (non-hydrogen) atoms. The van der Waals surface area contributed by atoms with E-state index >= 15 is 0 Å². The van der Waals surface area contributed by atoms with Crippen molar-refractivity contribution in [1.82, 2.24) is 25.0 Å². The lowest BCUT2D eigenvalue weighted by atomic mass is 10.1. The third-order valence-corrected chi connectivity index (χ3v) is 8.56. The Labute approximate surface area is 239 Å². The highest BCUT2D eigenvalue weighted by Crippen LogP contribution is 2.47. The van der Waals surface area contributed by atoms with Gasteiger partial charge in [-0.1, -0.05) is 35.1 Å². The fraction of sp³-hybridized carbons (Fsp3) is 0.615. The summed E-state index contributed by atoms with van der Waals surface area (Å²) in [6, 6.07) is 3.75. The molecule has 6 rings (SSSR count). The molecule has 1 saturated heterocycles. The Morgan fingerprint density at radius 1 is 1.22 bits per heavy atom. The maximum Gasteiger partial charge on any atom is 0.191 e. The monoisotopic (exact) mass is 587 g/mol. The van der Waals surface area contributed by atoms with Gasteiger partial charge in [-0.2, -0.15) is 0 Å². The smallest absolute Gasteiger partial charge is 0.191 e. The van der Waals surface area contributed by atoms with Gasteiger partial charge in [-0.15, -0.1) is 5.10 Å². The van der Waals surface area contributed by atoms with E-state index in [4.69, 9.17) is 29.7 Å². The van der Waals surface area contributed by atoms with Crippen LogP contribution in [0.15, 0.2) is 28.5 Å². The van der Waals surface area contributed by atoms with Crippen LogP contribution in [-0.2, 0) is 14.2 Å². The predicted molar refractivity (Wildman–Crippen MR) is 146 cm³/mol. The van der Waals surface area contributed by atoms with Crippen LogP contribution in [-0.4, -0.2) is 74.0 Å². The van der Waals surface area contributed by atoms with Gasteiger partial charge in [0.1, 0.15) is 12.2 Å². The molecule has 3 aromatic rings. The van der Waals surface area contributed by atoms with E-state index in [1.807, 2.05) is 13.8 Å². The summed E-state index contributed by atoms with van der Waals surface area (Å²) in [6.45, 7) is 6.30. The quantitative estimate of drug-likeness (QED) is 0.0806. The van der Waals surface area contributed by atoms with Gasteiger partial charge in [0.25, 0.3) is 0 Å². The van der Waals surface area contributed by atoms with E-state index in [1.54, 1.807) is 22.5 Å². The molecule has 0 amide bonds. The number of anilines is 1. The fourth-order valence-electron chi connectivity index (χ4n) is 5.63. The molecular formula is C26H31F2N9O3S. The number of benzene rings is 1. The SMILES string of the molecule is CCCSc1nc(N[C@H]2C[C@@H]2c2ccc(F)c(F)c2)c2nnn([C@@H]3C[C@H](OCCN=[N+]=[N-])[C@H]4OC(C)(C)O[C@H]43)c2n1. The molecule has 0 bridgehead atoms. The number of nitrogens with one attached hydrogen (secondary N) is 1. The van der Waals surface area contributed by atoms with Crippen LogP contribution >= 0.6 is 11.8 Å². The van der Waals surface area contributed by atoms with Crippen LogP contribution in [0, 0.1) is 11.6 Å². The molecule has 2 aliphatic carbocycles. The molecule has 0 radical (unpaired) electrons. The average molecular weight is 588 g/mol. The first-order valence-electron chi connectivity index (χ1n) is 13.7. The van der Waals surface area contributed by atoms with Crippen LogP contribution in [0.3, 0.4) is 0 Å². The van der Waals surface area contributed by atoms with Crippen LogP contribution in [0.2, 0.25) is 0 Å². The first-order chi connectivity index (χ1) is 19.8. The van der Waals surface area contributed by atoms with E-state index in [0.717, 1.165) is 30.2 Å². The second kappa shape index (κ2) is 11.3. The summed E-state index contributed by atoms with van der Waals surface area (Å²) >= 11 is 1.55. The molecule has 0 unspecified atom stereocenters. The zero-order valence-corrected chi connectivity index (χ0v) is 23.7. The Bertz CT molecular complexity index is 1480. The van der Waals surface area contributed by atoms with E-state index in [1.165, 1.54) is 6.07 Å². The largest absolute Gasteiger partial charge is 0.375 e. The number of aromatic nitrogens is 5. The Kier molecular flexibility index (Phi) is 7.72. The number of hydrogen-bond donors (Lipinski definition) is 1. The highest BCUT2D eigenvalue weighted by molar-refractivity contribution is 7.99. The summed E-state index contributed by atoms with van der Waals surface area (Å²) < 4.78 is 47.6. The first kappa shape index (κ1) is 28.0. The molecule has 0 spiro atoms. The van der Waals surface area contributed by atoms with Gasteiger partial charge in [0.15, 0.2) is 39.6 Å². The van der Waals surface area contributed by atoms with Gasteiger partial charge in [0.05, 0.1) is 18.8 Å². The first-order valence-corrected chi connectivity index (χ1v) is 14.7. The van der Waals surface area contributed by atoms with Gasteiger partial charge in [-0.05, 0) is 49.9 Å². The van der Waals surface area contributed by atoms with E-state index < -0.39 is 17.4 Å². The van der Waals surface area contributed by atoms with Gasteiger partial charge in [-0.25, -0.2) is 23.4 Å². The summed E-state index contributed by atoms with van der Waals surface area (Å²) in [7, 11) is 0. The predicted octanol–water partition coefficient (Wildman–Crippen LogP) is 5.13. The van der Waals surface area contributed by atoms with Crippen LogP contribution in [0.25, 0.3) is 21.6 Å². The van der Waals surface area contributed by atoms with Crippen LogP contribution in [0.4, 0.5) is 14.6 Å². The molecule has 12 nitrogen and oxygen atoms in total. The minimum absolute atomic E-state index is 0.00999. The van der Waals surface area contributed by atoms with Crippen molar-refractivity contribution in [3.05, 3.63) is 45.8 Å². The Morgan fingerprint density at radius 3 is 2.83 bits per heavy atom. The average Bonchev–Trinajstić information content (AvgIpc) is 3.28. The molecular weight excluding hydrogens is 556 g/mol. The molecule has 15 heteroatoms. The lowest BCUT2D eigenvalue weighted by molar-refractivity contribution is -0.170. The van der Waals surface area contributed by atoms with Crippen LogP contribution in [0.1, 0.15) is 57.6 Å². The van der Waals surface area contributed by atoms with Crippen molar-refractivity contribution < 1.29 is 23.0 Å². The molecule has 1 aliphatic heterocycles. The maximum atomic E-state index is 13.8. The topological polar surface area (TPSA) is 145 Å². The second-order valence-electron chi connectivity index (χ2n) is 10.9. The van der Waals surface area contributed by atoms with Crippen molar-refractivity contribution in [3.63, 3.8) is 0 Å². The van der Waals surface area contributed by atoms with Crippen molar-refractivity contribution in [1.29, 1.82) is 0 Å². The maximum absolute atomic E-state index is 13.8. The number of halogens is 2. The second-order valence-corrected chi connectivity index (χ2v) is 12.0. The number of ether oxygens (including phenoxy) is 3. The van der Waals surface area contributed by atoms with E-state index in [2.05, 4.69) is 32.6 Å². The highest BCUT2D eigenvalue weighted by atomic mass is 32.2. The molecule has 2 saturated carbocycles. The molecule has 1 N–H and O–H groups in total. The van der Waals surface area contributed by atoms with Crippen molar-refractivity contribution in [3.8, 4) is 0 Å². The van der Waals surface area contributed by atoms with Crippen molar-refractivity contribution in [2.75, 3.05) is 24.2 Å². The lowest BCUT2D eigenvalue weighted by Gasteiger charge is -2.23. The molecule has 2 aromatic heterocycles. The minimum atomic E-state index is -0.858. The summed E-state index contributed by atoms with van der Waals surface area (Å²) in [4.78, 5) is 12.4. The van der Waals surface area contributed by atoms with Crippen LogP contribution < -0.4 is 5.32 Å². The highest BCUT2D eigenvalue weighted by Gasteiger charge is 2.56. The van der Waals surface area contributed by atoms with Gasteiger partial charge >= 0.3 is 0 Å². The molecule has 3 aliphatic rings. The number of thioether (sulfide) groups is 1. The number of hydrogen-bond acceptors (Lipinski definition) is 10. The minimum Gasteiger partial charge on any atom is -0.375 e. The summed E-state index contributed by atoms with van der Waals surface area (Å²) in [6.07, 6.45) is 1.27. The van der Waals surface area contributed by atoms with Gasteiger partial charge in [-0.3, -0.25) is 0 Å². The van der Waals surface area contributed by atoms with Crippen molar-refractivity contribution >= 4 is 28.7 Å². The van der Waals surface area contributed by atoms with Gasteiger partial charge in [0, 0.05) is 35.6 Å². The Balaban J connectivity index is 1.29. The van der Waals surface area contributed by atoms with Crippen molar-refractivity contribution in [2.24, 2.45) is 5.11 Å². The van der Waals surface area contributed by atoms with Gasteiger partial charge < -0.3 is 19.5 Å². The number of azide groups is 1. The van der Waals surface area contributed by atoms with Gasteiger partial charge in [0.2, 0.25) is 0 Å². The van der Waals surface area contributed by atoms with E-state index in [9.17, 15) is 8.78 Å². The zero-order valence-electron chi connectivity index (χ0n) is 22.9. The number of nitrogens with zero attached hydrogens (tertiary/aromatic N) is 8. The lowest BCUT2D eigenvalue weighted by Crippen LogP contribution is -2.31. The molecule has 3 heterocycles. The molecule has 1 aromatic carbocycles. The Morgan fingerprint density at radius 2 is 2.05 bits per heavy atom. The summed E-state index contributed by atoms with van der Waals surface area (Å²) in [5.41, 5.74) is 10.4. The Hall–Kier alpha value is -3.10. The summed E-state index contributed by atoms with van der Waals surface area (Å²) in [5, 5.41) is 16.6. The number of rotatable bonds is 11. The summed E-state index contributed by atoms with van der Waals surface area (Å²) in [5.74, 6) is -1.09. The molecule has 6 atom stereocenters. The zero-order chi connectivity index (χ0) is 28.7.